The van der Waals surface area contributed by atoms with Gasteiger partial charge >= 0.3 is 0 Å². The Morgan fingerprint density at radius 2 is 1.87 bits per heavy atom. The van der Waals surface area contributed by atoms with Gasteiger partial charge in [0, 0.05) is 36.0 Å². The van der Waals surface area contributed by atoms with Gasteiger partial charge in [0.25, 0.3) is 0 Å². The van der Waals surface area contributed by atoms with Gasteiger partial charge in [0.2, 0.25) is 0 Å². The third-order valence-electron chi connectivity index (χ3n) is 4.39. The minimum atomic E-state index is -4.08. The van der Waals surface area contributed by atoms with E-state index in [9.17, 15) is 13.0 Å². The molecule has 0 fully saturated rings. The fraction of sp³-hybridized carbons (Fsp3) is 0.333. The highest BCUT2D eigenvalue weighted by Gasteiger charge is 2.27. The van der Waals surface area contributed by atoms with Crippen molar-refractivity contribution in [3.63, 3.8) is 0 Å². The molecule has 2 unspecified atom stereocenters. The van der Waals surface area contributed by atoms with Gasteiger partial charge in [0.05, 0.1) is 5.69 Å². The van der Waals surface area contributed by atoms with E-state index in [-0.39, 0.29) is 29.5 Å². The molecule has 2 atom stereocenters. The maximum absolute atomic E-state index is 15.3. The lowest BCUT2D eigenvalue weighted by Gasteiger charge is -2.27. The maximum atomic E-state index is 15.3. The molecule has 162 valence electrons. The van der Waals surface area contributed by atoms with Crippen LogP contribution >= 0.6 is 0 Å². The molecule has 2 aromatic rings. The summed E-state index contributed by atoms with van der Waals surface area (Å²) in [5.74, 6) is -3.20. The van der Waals surface area contributed by atoms with E-state index in [4.69, 9.17) is 10.2 Å². The zero-order chi connectivity index (χ0) is 22.6. The molecule has 9 heteroatoms. The number of aliphatic imine (C=N–C) groups is 1. The predicted octanol–water partition coefficient (Wildman–Crippen LogP) is 5.43. The molecule has 2 rings (SSSR count). The Hall–Kier alpha value is -2.68. The third kappa shape index (κ3) is 4.89. The molecule has 0 spiro atoms. The van der Waals surface area contributed by atoms with Crippen molar-refractivity contribution in [2.75, 3.05) is 10.8 Å². The van der Waals surface area contributed by atoms with E-state index in [1.165, 1.54) is 25.1 Å². The molecule has 0 amide bonds. The molecule has 0 bridgehead atoms. The van der Waals surface area contributed by atoms with Crippen LogP contribution in [0.4, 0.5) is 18.9 Å². The van der Waals surface area contributed by atoms with Gasteiger partial charge in [-0.2, -0.15) is 0 Å². The first-order valence-corrected chi connectivity index (χ1v) is 10.9. The van der Waals surface area contributed by atoms with Crippen LogP contribution in [0.5, 0.6) is 0 Å². The second kappa shape index (κ2) is 9.42. The van der Waals surface area contributed by atoms with Gasteiger partial charge in [-0.25, -0.2) is 22.2 Å². The van der Waals surface area contributed by atoms with Crippen LogP contribution in [-0.4, -0.2) is 28.7 Å². The molecule has 0 aliphatic rings. The van der Waals surface area contributed by atoms with Crippen molar-refractivity contribution >= 4 is 27.5 Å². The monoisotopic (exact) mass is 438 g/mol. The van der Waals surface area contributed by atoms with E-state index >= 15 is 4.39 Å². The topological polar surface area (TPSA) is 80.4 Å². The van der Waals surface area contributed by atoms with Crippen LogP contribution in [0.3, 0.4) is 0 Å². The van der Waals surface area contributed by atoms with Crippen molar-refractivity contribution in [3.8, 4) is 0 Å². The van der Waals surface area contributed by atoms with Gasteiger partial charge in [0.15, 0.2) is 15.7 Å². The Kier molecular flexibility index (Phi) is 7.41. The van der Waals surface area contributed by atoms with Crippen molar-refractivity contribution in [2.45, 2.75) is 38.6 Å². The quantitative estimate of drug-likeness (QED) is 0.529. The van der Waals surface area contributed by atoms with E-state index in [1.54, 1.807) is 13.1 Å². The molecular weight excluding hydrogens is 413 g/mol. The number of hydrogen-bond acceptors (Lipinski definition) is 4. The zero-order valence-corrected chi connectivity index (χ0v) is 18.1. The highest BCUT2D eigenvalue weighted by atomic mass is 32.2. The van der Waals surface area contributed by atoms with Crippen LogP contribution in [0.15, 0.2) is 46.3 Å². The standard InChI is InChI=1S/C21H25F3N4OS/c1-5-28(30(26,29)19-11-15(22)9-10-17(19)23)18-8-6-7-16(20(18)24)21(25)14(4)12-27-13(2)3/h6-14,25-26H,5H2,1-4H3. The molecule has 0 saturated heterocycles. The lowest BCUT2D eigenvalue weighted by Crippen LogP contribution is -2.32. The number of benzene rings is 2. The summed E-state index contributed by atoms with van der Waals surface area (Å²) in [4.78, 5) is 3.55. The molecule has 30 heavy (non-hydrogen) atoms. The van der Waals surface area contributed by atoms with Crippen molar-refractivity contribution in [2.24, 2.45) is 10.9 Å². The Bertz CT molecular complexity index is 1070. The first-order chi connectivity index (χ1) is 14.0. The summed E-state index contributed by atoms with van der Waals surface area (Å²) in [5, 5.41) is 8.32. The van der Waals surface area contributed by atoms with Crippen LogP contribution < -0.4 is 4.31 Å². The summed E-state index contributed by atoms with van der Waals surface area (Å²) < 4.78 is 65.5. The smallest absolute Gasteiger partial charge is 0.161 e. The minimum Gasteiger partial charge on any atom is -0.304 e. The summed E-state index contributed by atoms with van der Waals surface area (Å²) in [5.41, 5.74) is -0.303. The van der Waals surface area contributed by atoms with Crippen molar-refractivity contribution < 1.29 is 17.4 Å². The fourth-order valence-corrected chi connectivity index (χ4v) is 4.46. The predicted molar refractivity (Wildman–Crippen MR) is 115 cm³/mol. The van der Waals surface area contributed by atoms with Gasteiger partial charge in [-0.1, -0.05) is 19.1 Å². The van der Waals surface area contributed by atoms with Crippen LogP contribution in [0.2, 0.25) is 0 Å². The van der Waals surface area contributed by atoms with E-state index < -0.39 is 38.2 Å². The third-order valence-corrected chi connectivity index (χ3v) is 6.37. The van der Waals surface area contributed by atoms with Crippen molar-refractivity contribution in [1.29, 1.82) is 10.2 Å². The summed E-state index contributed by atoms with van der Waals surface area (Å²) in [6, 6.07) is 6.52. The van der Waals surface area contributed by atoms with Crippen LogP contribution in [0.1, 0.15) is 33.3 Å². The number of nitrogens with zero attached hydrogens (tertiary/aromatic N) is 2. The first-order valence-electron chi connectivity index (χ1n) is 9.42. The van der Waals surface area contributed by atoms with Crippen molar-refractivity contribution in [1.82, 2.24) is 0 Å². The van der Waals surface area contributed by atoms with Gasteiger partial charge in [-0.05, 0) is 45.0 Å². The Morgan fingerprint density at radius 1 is 1.20 bits per heavy atom. The molecule has 0 radical (unpaired) electrons. The van der Waals surface area contributed by atoms with Gasteiger partial charge < -0.3 is 5.41 Å². The van der Waals surface area contributed by atoms with Crippen molar-refractivity contribution in [3.05, 3.63) is 59.4 Å². The average molecular weight is 439 g/mol. The number of anilines is 1. The van der Waals surface area contributed by atoms with E-state index in [0.717, 1.165) is 16.4 Å². The van der Waals surface area contributed by atoms with Gasteiger partial charge in [-0.15, -0.1) is 0 Å². The molecule has 2 N–H and O–H groups in total. The summed E-state index contributed by atoms with van der Waals surface area (Å²) >= 11 is 0. The largest absolute Gasteiger partial charge is 0.304 e. The van der Waals surface area contributed by atoms with E-state index in [0.29, 0.717) is 6.07 Å². The van der Waals surface area contributed by atoms with Gasteiger partial charge in [-0.3, -0.25) is 9.30 Å². The molecular formula is C21H25F3N4OS. The highest BCUT2D eigenvalue weighted by molar-refractivity contribution is 7.93. The minimum absolute atomic E-state index is 0.0289. The average Bonchev–Trinajstić information content (AvgIpc) is 2.69. The first kappa shape index (κ1) is 23.6. The van der Waals surface area contributed by atoms with Crippen LogP contribution in [-0.2, 0) is 9.92 Å². The number of halogens is 3. The lowest BCUT2D eigenvalue weighted by molar-refractivity contribution is 0.569. The van der Waals surface area contributed by atoms with E-state index in [2.05, 4.69) is 4.99 Å². The number of hydrogen-bond donors (Lipinski definition) is 2. The lowest BCUT2D eigenvalue weighted by atomic mass is 9.98. The van der Waals surface area contributed by atoms with Crippen LogP contribution in [0.25, 0.3) is 0 Å². The Balaban J connectivity index is 2.54. The fourth-order valence-electron chi connectivity index (χ4n) is 2.84. The molecule has 0 aliphatic carbocycles. The Labute approximate surface area is 175 Å². The van der Waals surface area contributed by atoms with Gasteiger partial charge in [0.1, 0.15) is 16.5 Å². The summed E-state index contributed by atoms with van der Waals surface area (Å²) in [6.07, 6.45) is 1.56. The molecule has 0 aliphatic heterocycles. The number of nitrogens with one attached hydrogen (secondary N) is 2. The Morgan fingerprint density at radius 3 is 2.47 bits per heavy atom. The molecule has 5 nitrogen and oxygen atoms in total. The SMILES string of the molecule is CCN(c1cccc(C(=N)C(C)C=NC(C)C)c1F)S(=N)(=O)c1cc(F)ccc1F. The normalized spacial score (nSPS) is 14.7. The summed E-state index contributed by atoms with van der Waals surface area (Å²) in [7, 11) is -4.08. The zero-order valence-electron chi connectivity index (χ0n) is 17.2. The van der Waals surface area contributed by atoms with Crippen LogP contribution in [0, 0.1) is 33.6 Å². The maximum Gasteiger partial charge on any atom is 0.161 e. The molecule has 0 saturated carbocycles. The number of rotatable bonds is 8. The molecule has 2 aromatic carbocycles. The van der Waals surface area contributed by atoms with E-state index in [1.807, 2.05) is 13.8 Å². The summed E-state index contributed by atoms with van der Waals surface area (Å²) in [6.45, 7) is 6.89. The second-order valence-corrected chi connectivity index (χ2v) is 8.96. The molecule has 0 aromatic heterocycles. The molecule has 0 heterocycles. The highest BCUT2D eigenvalue weighted by Crippen LogP contribution is 2.30. The second-order valence-electron chi connectivity index (χ2n) is 7.03.